The van der Waals surface area contributed by atoms with Crippen molar-refractivity contribution in [3.63, 3.8) is 0 Å². The van der Waals surface area contributed by atoms with Crippen LogP contribution in [0.25, 0.3) is 0 Å². The molecule has 1 aromatic heterocycles. The van der Waals surface area contributed by atoms with E-state index in [1.165, 1.54) is 37.7 Å². The second-order valence-corrected chi connectivity index (χ2v) is 7.07. The second-order valence-electron chi connectivity index (χ2n) is 6.32. The van der Waals surface area contributed by atoms with Gasteiger partial charge in [-0.05, 0) is 65.0 Å². The fourth-order valence-corrected chi connectivity index (χ4v) is 3.24. The predicted octanol–water partition coefficient (Wildman–Crippen LogP) is 5.31. The lowest BCUT2D eigenvalue weighted by atomic mass is 10.0. The summed E-state index contributed by atoms with van der Waals surface area (Å²) in [5, 5.41) is 9.04. The van der Waals surface area contributed by atoms with Crippen LogP contribution >= 0.6 is 15.9 Å². The second kappa shape index (κ2) is 11.9. The van der Waals surface area contributed by atoms with Crippen LogP contribution in [0.15, 0.2) is 41.0 Å². The summed E-state index contributed by atoms with van der Waals surface area (Å²) in [6.45, 7) is 0.641. The SMILES string of the molecule is COc1ccc(CCCCCCCCOc2ccc(CO)nc2Br)cc1. The Hall–Kier alpha value is -1.59. The Morgan fingerprint density at radius 2 is 1.62 bits per heavy atom. The minimum Gasteiger partial charge on any atom is -0.497 e. The molecule has 0 aliphatic heterocycles. The first-order chi connectivity index (χ1) is 12.7. The van der Waals surface area contributed by atoms with Crippen molar-refractivity contribution in [2.75, 3.05) is 13.7 Å². The lowest BCUT2D eigenvalue weighted by molar-refractivity contribution is 0.274. The molecule has 5 heteroatoms. The molecule has 1 N–H and O–H groups in total. The van der Waals surface area contributed by atoms with Crippen LogP contribution in [0.3, 0.4) is 0 Å². The van der Waals surface area contributed by atoms with Crippen molar-refractivity contribution in [3.8, 4) is 11.5 Å². The van der Waals surface area contributed by atoms with Gasteiger partial charge in [0.2, 0.25) is 0 Å². The number of benzene rings is 1. The third-order valence-electron chi connectivity index (χ3n) is 4.31. The molecule has 1 aromatic carbocycles. The molecule has 142 valence electrons. The van der Waals surface area contributed by atoms with Crippen LogP contribution in [-0.4, -0.2) is 23.8 Å². The minimum atomic E-state index is -0.0582. The molecule has 0 radical (unpaired) electrons. The number of methoxy groups -OCH3 is 1. The molecule has 0 bridgehead atoms. The Labute approximate surface area is 164 Å². The standard InChI is InChI=1S/C21H28BrNO3/c1-25-19-12-9-17(10-13-19)8-6-4-2-3-5-7-15-26-20-14-11-18(16-24)23-21(20)22/h9-14,24H,2-8,15-16H2,1H3. The van der Waals surface area contributed by atoms with E-state index in [-0.39, 0.29) is 6.61 Å². The summed E-state index contributed by atoms with van der Waals surface area (Å²) in [5.74, 6) is 1.66. The van der Waals surface area contributed by atoms with Crippen LogP contribution in [0.2, 0.25) is 0 Å². The number of hydrogen-bond acceptors (Lipinski definition) is 4. The fraction of sp³-hybridized carbons (Fsp3) is 0.476. The van der Waals surface area contributed by atoms with Gasteiger partial charge in [-0.1, -0.05) is 37.8 Å². The number of pyridine rings is 1. The molecule has 2 aromatic rings. The van der Waals surface area contributed by atoms with Crippen LogP contribution in [0, 0.1) is 0 Å². The summed E-state index contributed by atoms with van der Waals surface area (Å²) in [4.78, 5) is 4.21. The van der Waals surface area contributed by atoms with E-state index in [2.05, 4.69) is 33.0 Å². The zero-order valence-electron chi connectivity index (χ0n) is 15.4. The smallest absolute Gasteiger partial charge is 0.152 e. The molecular weight excluding hydrogens is 394 g/mol. The quantitative estimate of drug-likeness (QED) is 0.372. The number of aliphatic hydroxyl groups excluding tert-OH is 1. The maximum atomic E-state index is 9.04. The lowest BCUT2D eigenvalue weighted by Gasteiger charge is -2.08. The van der Waals surface area contributed by atoms with Crippen LogP contribution < -0.4 is 9.47 Å². The van der Waals surface area contributed by atoms with Gasteiger partial charge < -0.3 is 14.6 Å². The Morgan fingerprint density at radius 3 is 2.27 bits per heavy atom. The van der Waals surface area contributed by atoms with Crippen LogP contribution in [0.1, 0.15) is 49.8 Å². The van der Waals surface area contributed by atoms with E-state index in [9.17, 15) is 0 Å². The van der Waals surface area contributed by atoms with Crippen LogP contribution in [0.4, 0.5) is 0 Å². The van der Waals surface area contributed by atoms with Crippen molar-refractivity contribution in [3.05, 3.63) is 52.3 Å². The number of nitrogens with zero attached hydrogens (tertiary/aromatic N) is 1. The summed E-state index contributed by atoms with van der Waals surface area (Å²) in [5.41, 5.74) is 2.02. The molecule has 4 nitrogen and oxygen atoms in total. The van der Waals surface area contributed by atoms with E-state index in [0.717, 1.165) is 24.3 Å². The molecule has 0 aliphatic carbocycles. The highest BCUT2D eigenvalue weighted by Crippen LogP contribution is 2.23. The van der Waals surface area contributed by atoms with Gasteiger partial charge in [0.25, 0.3) is 0 Å². The van der Waals surface area contributed by atoms with Gasteiger partial charge in [-0.3, -0.25) is 0 Å². The number of halogens is 1. The molecule has 0 saturated heterocycles. The monoisotopic (exact) mass is 421 g/mol. The summed E-state index contributed by atoms with van der Waals surface area (Å²) in [7, 11) is 1.70. The first kappa shape index (κ1) is 20.7. The van der Waals surface area contributed by atoms with E-state index in [1.54, 1.807) is 13.2 Å². The molecule has 0 fully saturated rings. The van der Waals surface area contributed by atoms with Crippen molar-refractivity contribution in [2.24, 2.45) is 0 Å². The zero-order chi connectivity index (χ0) is 18.6. The van der Waals surface area contributed by atoms with E-state index in [1.807, 2.05) is 18.2 Å². The van der Waals surface area contributed by atoms with Crippen molar-refractivity contribution in [1.82, 2.24) is 4.98 Å². The van der Waals surface area contributed by atoms with Crippen molar-refractivity contribution >= 4 is 15.9 Å². The molecular formula is C21H28BrNO3. The molecule has 26 heavy (non-hydrogen) atoms. The highest BCUT2D eigenvalue weighted by atomic mass is 79.9. The lowest BCUT2D eigenvalue weighted by Crippen LogP contribution is -2.00. The number of hydrogen-bond donors (Lipinski definition) is 1. The molecule has 2 rings (SSSR count). The van der Waals surface area contributed by atoms with Gasteiger partial charge in [0.1, 0.15) is 10.4 Å². The number of ether oxygens (including phenoxy) is 2. The number of aryl methyl sites for hydroxylation is 1. The van der Waals surface area contributed by atoms with Crippen LogP contribution in [-0.2, 0) is 13.0 Å². The third-order valence-corrected chi connectivity index (χ3v) is 4.88. The molecule has 0 aliphatic rings. The first-order valence-electron chi connectivity index (χ1n) is 9.25. The van der Waals surface area contributed by atoms with Gasteiger partial charge >= 0.3 is 0 Å². The Morgan fingerprint density at radius 1 is 0.923 bits per heavy atom. The van der Waals surface area contributed by atoms with Crippen molar-refractivity contribution < 1.29 is 14.6 Å². The average molecular weight is 422 g/mol. The van der Waals surface area contributed by atoms with E-state index in [0.29, 0.717) is 16.9 Å². The topological polar surface area (TPSA) is 51.6 Å². The van der Waals surface area contributed by atoms with Gasteiger partial charge in [-0.2, -0.15) is 0 Å². The predicted molar refractivity (Wildman–Crippen MR) is 108 cm³/mol. The highest BCUT2D eigenvalue weighted by Gasteiger charge is 2.04. The maximum Gasteiger partial charge on any atom is 0.152 e. The normalized spacial score (nSPS) is 10.7. The third kappa shape index (κ3) is 7.34. The van der Waals surface area contributed by atoms with Crippen molar-refractivity contribution in [2.45, 2.75) is 51.6 Å². The van der Waals surface area contributed by atoms with Gasteiger partial charge in [0, 0.05) is 0 Å². The molecule has 0 saturated carbocycles. The number of unbranched alkanes of at least 4 members (excludes halogenated alkanes) is 5. The molecule has 0 unspecified atom stereocenters. The number of rotatable bonds is 12. The van der Waals surface area contributed by atoms with Gasteiger partial charge in [-0.25, -0.2) is 4.98 Å². The summed E-state index contributed by atoms with van der Waals surface area (Å²) < 4.78 is 11.6. The van der Waals surface area contributed by atoms with Gasteiger partial charge in [0.15, 0.2) is 5.75 Å². The summed E-state index contributed by atoms with van der Waals surface area (Å²) in [6, 6.07) is 12.0. The number of aromatic nitrogens is 1. The Bertz CT molecular complexity index is 646. The van der Waals surface area contributed by atoms with Gasteiger partial charge in [0.05, 0.1) is 26.0 Å². The fourth-order valence-electron chi connectivity index (χ4n) is 2.77. The summed E-state index contributed by atoms with van der Waals surface area (Å²) >= 11 is 3.37. The summed E-state index contributed by atoms with van der Waals surface area (Å²) in [6.07, 6.45) is 8.39. The Balaban J connectivity index is 1.49. The van der Waals surface area contributed by atoms with Crippen LogP contribution in [0.5, 0.6) is 11.5 Å². The minimum absolute atomic E-state index is 0.0582. The number of aliphatic hydroxyl groups is 1. The Kier molecular flexibility index (Phi) is 9.50. The maximum absolute atomic E-state index is 9.04. The van der Waals surface area contributed by atoms with Gasteiger partial charge in [-0.15, -0.1) is 0 Å². The van der Waals surface area contributed by atoms with E-state index >= 15 is 0 Å². The molecule has 0 amide bonds. The molecule has 1 heterocycles. The largest absolute Gasteiger partial charge is 0.497 e. The molecule has 0 atom stereocenters. The van der Waals surface area contributed by atoms with E-state index in [4.69, 9.17) is 14.6 Å². The van der Waals surface area contributed by atoms with Crippen molar-refractivity contribution in [1.29, 1.82) is 0 Å². The average Bonchev–Trinajstić information content (AvgIpc) is 2.68. The first-order valence-corrected chi connectivity index (χ1v) is 10.0. The molecule has 0 spiro atoms. The van der Waals surface area contributed by atoms with E-state index < -0.39 is 0 Å². The zero-order valence-corrected chi connectivity index (χ0v) is 17.0. The highest BCUT2D eigenvalue weighted by molar-refractivity contribution is 9.10.